The number of amides is 2. The monoisotopic (exact) mass is 358 g/mol. The smallest absolute Gasteiger partial charge is 0.320 e. The van der Waals surface area contributed by atoms with Crippen LogP contribution in [0.3, 0.4) is 0 Å². The number of hydrogen-bond donors (Lipinski definition) is 0. The number of nitrogens with zero attached hydrogens (tertiary/aromatic N) is 6. The lowest BCUT2D eigenvalue weighted by Gasteiger charge is -2.39. The fourth-order valence-corrected chi connectivity index (χ4v) is 3.57. The molecule has 0 bridgehead atoms. The van der Waals surface area contributed by atoms with Crippen LogP contribution in [0.2, 0.25) is 0 Å². The Kier molecular flexibility index (Phi) is 5.89. The average Bonchev–Trinajstić information content (AvgIpc) is 2.72. The lowest BCUT2D eigenvalue weighted by molar-refractivity contribution is 0.0428. The van der Waals surface area contributed by atoms with Crippen molar-refractivity contribution in [3.05, 3.63) is 16.8 Å². The number of aromatic nitrogens is 2. The predicted octanol–water partition coefficient (Wildman–Crippen LogP) is 1.05. The van der Waals surface area contributed by atoms with E-state index < -0.39 is 0 Å². The first-order valence-electron chi connectivity index (χ1n) is 9.34. The van der Waals surface area contributed by atoms with Gasteiger partial charge in [0.1, 0.15) is 11.6 Å². The van der Waals surface area contributed by atoms with Crippen LogP contribution in [0.25, 0.3) is 0 Å². The van der Waals surface area contributed by atoms with E-state index in [1.165, 1.54) is 0 Å². The number of morpholine rings is 1. The molecule has 140 valence electrons. The van der Waals surface area contributed by atoms with E-state index in [1.54, 1.807) is 0 Å². The fourth-order valence-electron chi connectivity index (χ4n) is 3.57. The predicted molar refractivity (Wildman–Crippen MR) is 97.1 cm³/mol. The maximum atomic E-state index is 12.6. The number of nitriles is 1. The summed E-state index contributed by atoms with van der Waals surface area (Å²) in [5.74, 6) is 0.653. The molecule has 0 atom stereocenters. The van der Waals surface area contributed by atoms with Crippen LogP contribution in [0.4, 0.5) is 10.6 Å². The van der Waals surface area contributed by atoms with Crippen molar-refractivity contribution in [2.75, 3.05) is 57.4 Å². The highest BCUT2D eigenvalue weighted by atomic mass is 16.5. The zero-order valence-electron chi connectivity index (χ0n) is 15.6. The Morgan fingerprint density at radius 1 is 1.04 bits per heavy atom. The number of carbonyl (C=O) groups is 1. The Hall–Kier alpha value is -2.40. The van der Waals surface area contributed by atoms with Gasteiger partial charge < -0.3 is 19.4 Å². The van der Waals surface area contributed by atoms with Crippen molar-refractivity contribution in [2.24, 2.45) is 0 Å². The third-order valence-corrected chi connectivity index (χ3v) is 5.07. The number of ether oxygens (including phenoxy) is 1. The number of hydrogen-bond acceptors (Lipinski definition) is 6. The summed E-state index contributed by atoms with van der Waals surface area (Å²) in [6.07, 6.45) is 1.54. The Balaban J connectivity index is 1.70. The summed E-state index contributed by atoms with van der Waals surface area (Å²) in [4.78, 5) is 18.4. The van der Waals surface area contributed by atoms with Crippen molar-refractivity contribution >= 4 is 11.8 Å². The fraction of sp³-hybridized carbons (Fsp3) is 0.667. The van der Waals surface area contributed by atoms with Gasteiger partial charge in [-0.15, -0.1) is 5.10 Å². The van der Waals surface area contributed by atoms with E-state index in [0.29, 0.717) is 63.9 Å². The van der Waals surface area contributed by atoms with Crippen molar-refractivity contribution in [3.8, 4) is 6.07 Å². The van der Waals surface area contributed by atoms with Crippen LogP contribution in [-0.2, 0) is 17.6 Å². The van der Waals surface area contributed by atoms with Crippen molar-refractivity contribution in [1.29, 1.82) is 5.26 Å². The molecular formula is C18H26N6O2. The number of piperazine rings is 1. The van der Waals surface area contributed by atoms with Crippen LogP contribution in [0.5, 0.6) is 0 Å². The van der Waals surface area contributed by atoms with Gasteiger partial charge in [0.15, 0.2) is 5.82 Å². The van der Waals surface area contributed by atoms with Gasteiger partial charge in [0.05, 0.1) is 18.9 Å². The standard InChI is InChI=1S/C18H26N6O2/c1-3-14-15(13-19)17(21-20-16(14)4-2)22-5-7-23(8-6-22)18(25)24-9-11-26-12-10-24/h3-12H2,1-2H3. The molecule has 1 aromatic heterocycles. The Morgan fingerprint density at radius 2 is 1.69 bits per heavy atom. The molecule has 2 amide bonds. The second-order valence-corrected chi connectivity index (χ2v) is 6.50. The highest BCUT2D eigenvalue weighted by molar-refractivity contribution is 5.75. The minimum absolute atomic E-state index is 0.0788. The van der Waals surface area contributed by atoms with E-state index in [9.17, 15) is 10.1 Å². The summed E-state index contributed by atoms with van der Waals surface area (Å²) in [5.41, 5.74) is 2.52. The topological polar surface area (TPSA) is 85.6 Å². The molecule has 3 heterocycles. The van der Waals surface area contributed by atoms with Gasteiger partial charge in [0.2, 0.25) is 0 Å². The highest BCUT2D eigenvalue weighted by Crippen LogP contribution is 2.24. The normalized spacial score (nSPS) is 18.0. The van der Waals surface area contributed by atoms with Crippen LogP contribution in [-0.4, -0.2) is 78.5 Å². The zero-order valence-corrected chi connectivity index (χ0v) is 15.6. The quantitative estimate of drug-likeness (QED) is 0.803. The summed E-state index contributed by atoms with van der Waals surface area (Å²) < 4.78 is 5.31. The van der Waals surface area contributed by atoms with E-state index in [4.69, 9.17) is 4.74 Å². The molecule has 2 fully saturated rings. The first-order valence-corrected chi connectivity index (χ1v) is 9.34. The van der Waals surface area contributed by atoms with Gasteiger partial charge in [-0.2, -0.15) is 10.4 Å². The molecule has 0 saturated carbocycles. The van der Waals surface area contributed by atoms with Gasteiger partial charge in [0.25, 0.3) is 0 Å². The third-order valence-electron chi connectivity index (χ3n) is 5.07. The number of rotatable bonds is 3. The molecule has 3 rings (SSSR count). The van der Waals surface area contributed by atoms with Crippen molar-refractivity contribution < 1.29 is 9.53 Å². The van der Waals surface area contributed by atoms with E-state index >= 15 is 0 Å². The highest BCUT2D eigenvalue weighted by Gasteiger charge is 2.28. The van der Waals surface area contributed by atoms with Crippen LogP contribution < -0.4 is 4.90 Å². The SMILES string of the molecule is CCc1nnc(N2CCN(C(=O)N3CCOCC3)CC2)c(C#N)c1CC. The van der Waals surface area contributed by atoms with Gasteiger partial charge in [-0.05, 0) is 18.4 Å². The summed E-state index contributed by atoms with van der Waals surface area (Å²) in [5, 5.41) is 18.3. The minimum Gasteiger partial charge on any atom is -0.378 e. The first kappa shape index (κ1) is 18.4. The third kappa shape index (κ3) is 3.58. The Morgan fingerprint density at radius 3 is 2.27 bits per heavy atom. The summed E-state index contributed by atoms with van der Waals surface area (Å²) in [7, 11) is 0. The molecule has 8 nitrogen and oxygen atoms in total. The van der Waals surface area contributed by atoms with Crippen molar-refractivity contribution in [1.82, 2.24) is 20.0 Å². The molecular weight excluding hydrogens is 332 g/mol. The molecule has 0 unspecified atom stereocenters. The van der Waals surface area contributed by atoms with E-state index in [0.717, 1.165) is 24.1 Å². The van der Waals surface area contributed by atoms with Gasteiger partial charge in [-0.25, -0.2) is 4.79 Å². The summed E-state index contributed by atoms with van der Waals surface area (Å²) in [6.45, 7) is 9.16. The van der Waals surface area contributed by atoms with Gasteiger partial charge in [-0.1, -0.05) is 13.8 Å². The molecule has 0 aromatic carbocycles. The Bertz CT molecular complexity index is 688. The summed E-state index contributed by atoms with van der Waals surface area (Å²) >= 11 is 0. The lowest BCUT2D eigenvalue weighted by atomic mass is 10.0. The van der Waals surface area contributed by atoms with E-state index in [1.807, 2.05) is 23.6 Å². The van der Waals surface area contributed by atoms with Crippen molar-refractivity contribution in [3.63, 3.8) is 0 Å². The second-order valence-electron chi connectivity index (χ2n) is 6.50. The molecule has 2 saturated heterocycles. The molecule has 0 aliphatic carbocycles. The van der Waals surface area contributed by atoms with Gasteiger partial charge >= 0.3 is 6.03 Å². The maximum absolute atomic E-state index is 12.6. The zero-order chi connectivity index (χ0) is 18.5. The lowest BCUT2D eigenvalue weighted by Crippen LogP contribution is -2.55. The van der Waals surface area contributed by atoms with Gasteiger partial charge in [-0.3, -0.25) is 0 Å². The van der Waals surface area contributed by atoms with Crippen LogP contribution in [0.15, 0.2) is 0 Å². The second kappa shape index (κ2) is 8.32. The number of urea groups is 1. The average molecular weight is 358 g/mol. The Labute approximate surface area is 154 Å². The minimum atomic E-state index is 0.0788. The summed E-state index contributed by atoms with van der Waals surface area (Å²) in [6, 6.07) is 2.40. The molecule has 2 aliphatic rings. The maximum Gasteiger partial charge on any atom is 0.320 e. The number of anilines is 1. The van der Waals surface area contributed by atoms with Crippen LogP contribution in [0, 0.1) is 11.3 Å². The molecule has 0 spiro atoms. The van der Waals surface area contributed by atoms with Crippen LogP contribution >= 0.6 is 0 Å². The van der Waals surface area contributed by atoms with Crippen LogP contribution in [0.1, 0.15) is 30.7 Å². The largest absolute Gasteiger partial charge is 0.378 e. The van der Waals surface area contributed by atoms with E-state index in [-0.39, 0.29) is 6.03 Å². The molecule has 1 aromatic rings. The van der Waals surface area contributed by atoms with Crippen molar-refractivity contribution in [2.45, 2.75) is 26.7 Å². The molecule has 2 aliphatic heterocycles. The first-order chi connectivity index (χ1) is 12.7. The van der Waals surface area contributed by atoms with E-state index in [2.05, 4.69) is 21.2 Å². The number of aryl methyl sites for hydroxylation is 1. The molecule has 26 heavy (non-hydrogen) atoms. The molecule has 0 N–H and O–H groups in total. The van der Waals surface area contributed by atoms with Gasteiger partial charge in [0, 0.05) is 39.3 Å². The number of carbonyl (C=O) groups excluding carboxylic acids is 1. The molecule has 8 heteroatoms. The molecule has 0 radical (unpaired) electrons.